The van der Waals surface area contributed by atoms with Gasteiger partial charge in [0.05, 0.1) is 16.0 Å². The molecule has 4 amide bonds. The molecule has 0 bridgehead atoms. The number of nitrogens with zero attached hydrogens (tertiary/aromatic N) is 1. The molecule has 0 spiro atoms. The molecule has 0 saturated carbocycles. The molecule has 3 rings (SSSR count). The van der Waals surface area contributed by atoms with Gasteiger partial charge in [0, 0.05) is 25.6 Å². The van der Waals surface area contributed by atoms with Gasteiger partial charge in [-0.3, -0.25) is 24.1 Å². The predicted octanol–water partition coefficient (Wildman–Crippen LogP) is 1.53. The van der Waals surface area contributed by atoms with Crippen molar-refractivity contribution in [1.82, 2.24) is 9.62 Å². The van der Waals surface area contributed by atoms with Crippen molar-refractivity contribution in [2.24, 2.45) is 0 Å². The molecule has 9 nitrogen and oxygen atoms in total. The Balaban J connectivity index is 1.52. The van der Waals surface area contributed by atoms with Crippen LogP contribution in [0.25, 0.3) is 0 Å². The Morgan fingerprint density at radius 2 is 1.50 bits per heavy atom. The Labute approximate surface area is 173 Å². The van der Waals surface area contributed by atoms with E-state index in [1.165, 1.54) is 24.3 Å². The van der Waals surface area contributed by atoms with Crippen LogP contribution in [0.1, 0.15) is 40.5 Å². The number of benzene rings is 2. The molecule has 0 saturated heterocycles. The number of sulfonamides is 1. The smallest absolute Gasteiger partial charge is 0.264 e. The van der Waals surface area contributed by atoms with Crippen LogP contribution in [0.4, 0.5) is 5.69 Å². The van der Waals surface area contributed by atoms with Crippen molar-refractivity contribution < 1.29 is 27.6 Å². The summed E-state index contributed by atoms with van der Waals surface area (Å²) in [5, 5.41) is 2.62. The predicted molar refractivity (Wildman–Crippen MR) is 107 cm³/mol. The minimum atomic E-state index is -3.94. The summed E-state index contributed by atoms with van der Waals surface area (Å²) in [7, 11) is -3.94. The fraction of sp³-hybridized carbons (Fsp3) is 0.200. The van der Waals surface area contributed by atoms with E-state index in [4.69, 9.17) is 0 Å². The molecule has 0 unspecified atom stereocenters. The van der Waals surface area contributed by atoms with Gasteiger partial charge in [-0.25, -0.2) is 13.1 Å². The van der Waals surface area contributed by atoms with E-state index < -0.39 is 15.9 Å². The van der Waals surface area contributed by atoms with Gasteiger partial charge in [-0.2, -0.15) is 0 Å². The lowest BCUT2D eigenvalue weighted by molar-refractivity contribution is -0.117. The molecule has 2 aromatic carbocycles. The Morgan fingerprint density at radius 1 is 0.933 bits per heavy atom. The molecular formula is C20H19N3O6S. The SMILES string of the molecule is CC(=O)NS(=O)(=O)c1ccc(NC(=O)CCCN2C(=O)c3ccccc3C2=O)cc1. The minimum Gasteiger partial charge on any atom is -0.326 e. The van der Waals surface area contributed by atoms with Gasteiger partial charge < -0.3 is 5.32 Å². The zero-order valence-corrected chi connectivity index (χ0v) is 16.9. The molecule has 30 heavy (non-hydrogen) atoms. The summed E-state index contributed by atoms with van der Waals surface area (Å²) < 4.78 is 25.6. The van der Waals surface area contributed by atoms with Gasteiger partial charge in [-0.05, 0) is 42.8 Å². The number of imide groups is 1. The van der Waals surface area contributed by atoms with Crippen LogP contribution < -0.4 is 10.0 Å². The van der Waals surface area contributed by atoms with E-state index in [0.717, 1.165) is 11.8 Å². The van der Waals surface area contributed by atoms with Crippen molar-refractivity contribution in [3.63, 3.8) is 0 Å². The van der Waals surface area contributed by atoms with Crippen LogP contribution in [0.5, 0.6) is 0 Å². The third-order valence-corrected chi connectivity index (χ3v) is 5.84. The van der Waals surface area contributed by atoms with Crippen molar-refractivity contribution in [2.45, 2.75) is 24.7 Å². The van der Waals surface area contributed by atoms with Crippen molar-refractivity contribution in [1.29, 1.82) is 0 Å². The van der Waals surface area contributed by atoms with E-state index >= 15 is 0 Å². The number of fused-ring (bicyclic) bond motifs is 1. The monoisotopic (exact) mass is 429 g/mol. The maximum atomic E-state index is 12.3. The number of anilines is 1. The number of rotatable bonds is 7. The highest BCUT2D eigenvalue weighted by molar-refractivity contribution is 7.90. The standard InChI is InChI=1S/C20H19N3O6S/c1-13(24)22-30(28,29)15-10-8-14(9-11-15)21-18(25)7-4-12-23-19(26)16-5-2-3-6-17(16)20(23)27/h2-3,5-6,8-11H,4,7,12H2,1H3,(H,21,25)(H,22,24). The molecule has 0 aliphatic carbocycles. The second-order valence-corrected chi connectivity index (χ2v) is 8.33. The number of amides is 4. The fourth-order valence-corrected chi connectivity index (χ4v) is 4.02. The Hall–Kier alpha value is -3.53. The number of carbonyl (C=O) groups is 4. The Bertz CT molecular complexity index is 1090. The molecular weight excluding hydrogens is 410 g/mol. The summed E-state index contributed by atoms with van der Waals surface area (Å²) in [6, 6.07) is 11.9. The molecule has 156 valence electrons. The van der Waals surface area contributed by atoms with E-state index in [0.29, 0.717) is 16.8 Å². The first kappa shape index (κ1) is 21.2. The summed E-state index contributed by atoms with van der Waals surface area (Å²) in [6.45, 7) is 1.21. The summed E-state index contributed by atoms with van der Waals surface area (Å²) in [5.74, 6) is -1.78. The number of nitrogens with one attached hydrogen (secondary N) is 2. The van der Waals surface area contributed by atoms with Crippen molar-refractivity contribution in [3.05, 3.63) is 59.7 Å². The summed E-state index contributed by atoms with van der Waals surface area (Å²) >= 11 is 0. The number of carbonyl (C=O) groups excluding carboxylic acids is 4. The van der Waals surface area contributed by atoms with E-state index in [-0.39, 0.29) is 42.0 Å². The highest BCUT2D eigenvalue weighted by Gasteiger charge is 2.34. The molecule has 0 fully saturated rings. The molecule has 2 aromatic rings. The number of hydrogen-bond donors (Lipinski definition) is 2. The molecule has 0 radical (unpaired) electrons. The van der Waals surface area contributed by atoms with Crippen LogP contribution in [0.15, 0.2) is 53.4 Å². The van der Waals surface area contributed by atoms with Crippen LogP contribution in [0.3, 0.4) is 0 Å². The average molecular weight is 429 g/mol. The first-order valence-electron chi connectivity index (χ1n) is 9.07. The fourth-order valence-electron chi connectivity index (χ4n) is 3.03. The summed E-state index contributed by atoms with van der Waals surface area (Å²) in [5.41, 5.74) is 1.10. The second kappa shape index (κ2) is 8.46. The van der Waals surface area contributed by atoms with Crippen LogP contribution >= 0.6 is 0 Å². The Morgan fingerprint density at radius 3 is 2.03 bits per heavy atom. The molecule has 0 atom stereocenters. The lowest BCUT2D eigenvalue weighted by Gasteiger charge is -2.13. The lowest BCUT2D eigenvalue weighted by Crippen LogP contribution is -2.31. The normalized spacial score (nSPS) is 13.2. The maximum Gasteiger partial charge on any atom is 0.264 e. The van der Waals surface area contributed by atoms with Gasteiger partial charge in [0.1, 0.15) is 0 Å². The van der Waals surface area contributed by atoms with Crippen molar-refractivity contribution in [2.75, 3.05) is 11.9 Å². The van der Waals surface area contributed by atoms with Crippen LogP contribution in [-0.4, -0.2) is 43.5 Å². The van der Waals surface area contributed by atoms with Crippen molar-refractivity contribution >= 4 is 39.3 Å². The summed E-state index contributed by atoms with van der Waals surface area (Å²) in [4.78, 5) is 48.7. The lowest BCUT2D eigenvalue weighted by atomic mass is 10.1. The van der Waals surface area contributed by atoms with E-state index in [9.17, 15) is 27.6 Å². The van der Waals surface area contributed by atoms with E-state index in [1.807, 2.05) is 4.72 Å². The highest BCUT2D eigenvalue weighted by atomic mass is 32.2. The van der Waals surface area contributed by atoms with Gasteiger partial charge >= 0.3 is 0 Å². The minimum absolute atomic E-state index is 0.0688. The third kappa shape index (κ3) is 4.54. The zero-order valence-electron chi connectivity index (χ0n) is 16.0. The molecule has 1 aliphatic rings. The topological polar surface area (TPSA) is 130 Å². The van der Waals surface area contributed by atoms with Crippen molar-refractivity contribution in [3.8, 4) is 0 Å². The van der Waals surface area contributed by atoms with Crippen LogP contribution in [-0.2, 0) is 19.6 Å². The van der Waals surface area contributed by atoms with E-state index in [2.05, 4.69) is 5.32 Å². The molecule has 10 heteroatoms. The van der Waals surface area contributed by atoms with Crippen LogP contribution in [0.2, 0.25) is 0 Å². The first-order valence-corrected chi connectivity index (χ1v) is 10.6. The zero-order chi connectivity index (χ0) is 21.9. The van der Waals surface area contributed by atoms with Gasteiger partial charge in [-0.15, -0.1) is 0 Å². The third-order valence-electron chi connectivity index (χ3n) is 4.39. The maximum absolute atomic E-state index is 12.3. The molecule has 1 aliphatic heterocycles. The average Bonchev–Trinajstić information content (AvgIpc) is 2.92. The number of hydrogen-bond acceptors (Lipinski definition) is 6. The largest absolute Gasteiger partial charge is 0.326 e. The van der Waals surface area contributed by atoms with Gasteiger partial charge in [0.15, 0.2) is 0 Å². The van der Waals surface area contributed by atoms with Crippen LogP contribution in [0, 0.1) is 0 Å². The van der Waals surface area contributed by atoms with E-state index in [1.54, 1.807) is 24.3 Å². The van der Waals surface area contributed by atoms with Gasteiger partial charge in [-0.1, -0.05) is 12.1 Å². The first-order chi connectivity index (χ1) is 14.2. The molecule has 0 aromatic heterocycles. The van der Waals surface area contributed by atoms with Gasteiger partial charge in [0.2, 0.25) is 11.8 Å². The molecule has 2 N–H and O–H groups in total. The molecule has 1 heterocycles. The van der Waals surface area contributed by atoms with Gasteiger partial charge in [0.25, 0.3) is 21.8 Å². The second-order valence-electron chi connectivity index (χ2n) is 6.65. The highest BCUT2D eigenvalue weighted by Crippen LogP contribution is 2.22. The quantitative estimate of drug-likeness (QED) is 0.642. The Kier molecular flexibility index (Phi) is 5.97. The summed E-state index contributed by atoms with van der Waals surface area (Å²) in [6.07, 6.45) is 0.353.